The van der Waals surface area contributed by atoms with Gasteiger partial charge in [-0.3, -0.25) is 9.80 Å². The van der Waals surface area contributed by atoms with Gasteiger partial charge in [0, 0.05) is 36.3 Å². The Labute approximate surface area is 506 Å². The highest BCUT2D eigenvalue weighted by molar-refractivity contribution is 14.1. The van der Waals surface area contributed by atoms with E-state index in [1.807, 2.05) is 40.8 Å². The zero-order valence-corrected chi connectivity index (χ0v) is 51.8. The van der Waals surface area contributed by atoms with Gasteiger partial charge in [0.2, 0.25) is 18.4 Å². The number of rotatable bonds is 26. The highest BCUT2D eigenvalue weighted by atomic mass is 127. The van der Waals surface area contributed by atoms with E-state index in [9.17, 15) is 35.1 Å². The number of hydrogen-bond acceptors (Lipinski definition) is 16. The fraction of sp³-hybridized carbons (Fsp3) is 0.727. The normalized spacial score (nSPS) is 31.0. The molecule has 6 fully saturated rings. The summed E-state index contributed by atoms with van der Waals surface area (Å²) in [6, 6.07) is 7.31. The topological polar surface area (TPSA) is 206 Å². The number of nitrogens with zero attached hydrogens (tertiary/aromatic N) is 2. The number of ether oxygens (including phenoxy) is 7. The van der Waals surface area contributed by atoms with E-state index in [2.05, 4.69) is 41.5 Å². The van der Waals surface area contributed by atoms with Gasteiger partial charge in [-0.1, -0.05) is 129 Å². The number of hydrogen-bond donors (Lipinski definition) is 5. The minimum atomic E-state index is -1.71. The summed E-state index contributed by atoms with van der Waals surface area (Å²) < 4.78 is 38.5. The van der Waals surface area contributed by atoms with Crippen molar-refractivity contribution in [1.82, 2.24) is 9.80 Å². The molecule has 2 aromatic carbocycles. The second kappa shape index (κ2) is 26.2. The minimum Gasteiger partial charge on any atom is -0.504 e. The fourth-order valence-corrected chi connectivity index (χ4v) is 16.3. The first-order chi connectivity index (χ1) is 40.1. The molecular weight excluding hydrogens is 1170 g/mol. The van der Waals surface area contributed by atoms with Crippen LogP contribution in [-0.2, 0) is 42.6 Å². The quantitative estimate of drug-likeness (QED) is 0.0148. The highest BCUT2D eigenvalue weighted by Gasteiger charge is 2.80. The molecule has 5 N–H and O–H groups in total. The Morgan fingerprint density at radius 1 is 0.590 bits per heavy atom. The summed E-state index contributed by atoms with van der Waals surface area (Å²) >= 11 is 1.97. The molecule has 2 aromatic rings. The van der Waals surface area contributed by atoms with Gasteiger partial charge in [-0.2, -0.15) is 0 Å². The fourth-order valence-electron chi connectivity index (χ4n) is 16.1. The van der Waals surface area contributed by atoms with Crippen molar-refractivity contribution in [3.63, 3.8) is 0 Å². The van der Waals surface area contributed by atoms with Crippen LogP contribution < -0.4 is 14.2 Å². The molecular formula is C66H95IN2O14. The van der Waals surface area contributed by atoms with Crippen LogP contribution in [0.5, 0.6) is 23.0 Å². The number of alkyl halides is 1. The third-order valence-electron chi connectivity index (χ3n) is 20.7. The molecule has 0 radical (unpaired) electrons. The second-order valence-electron chi connectivity index (χ2n) is 25.9. The number of benzene rings is 2. The van der Waals surface area contributed by atoms with Crippen LogP contribution in [0.25, 0.3) is 0 Å². The van der Waals surface area contributed by atoms with E-state index in [0.29, 0.717) is 97.1 Å². The lowest BCUT2D eigenvalue weighted by Gasteiger charge is -2.65. The average molecular weight is 1270 g/mol. The predicted octanol–water partition coefficient (Wildman–Crippen LogP) is 12.3. The Morgan fingerprint density at radius 3 is 1.49 bits per heavy atom. The van der Waals surface area contributed by atoms with E-state index >= 15 is 0 Å². The Balaban J connectivity index is 0.000000156. The van der Waals surface area contributed by atoms with Crippen LogP contribution >= 0.6 is 22.6 Å². The summed E-state index contributed by atoms with van der Waals surface area (Å²) in [6.07, 6.45) is 27.9. The average Bonchev–Trinajstić information content (AvgIpc) is 1.61. The monoisotopic (exact) mass is 1270 g/mol. The molecule has 16 nitrogen and oxygen atoms in total. The first kappa shape index (κ1) is 62.2. The Bertz CT molecular complexity index is 2650. The van der Waals surface area contributed by atoms with Gasteiger partial charge in [0.05, 0.1) is 24.4 Å². The Morgan fingerprint density at radius 2 is 1.02 bits per heavy atom. The largest absolute Gasteiger partial charge is 0.511 e. The van der Waals surface area contributed by atoms with E-state index in [-0.39, 0.29) is 24.6 Å². The Kier molecular flexibility index (Phi) is 19.7. The van der Waals surface area contributed by atoms with Gasteiger partial charge in [0.15, 0.2) is 23.0 Å². The van der Waals surface area contributed by atoms with Gasteiger partial charge in [-0.25, -0.2) is 9.59 Å². The van der Waals surface area contributed by atoms with Crippen LogP contribution in [0.1, 0.15) is 203 Å². The second-order valence-corrected chi connectivity index (χ2v) is 26.5. The zero-order chi connectivity index (χ0) is 58.6. The molecule has 6 aliphatic carbocycles. The van der Waals surface area contributed by atoms with Crippen molar-refractivity contribution in [2.75, 3.05) is 50.8 Å². The smallest absolute Gasteiger partial charge is 0.504 e. The maximum atomic E-state index is 12.5. The van der Waals surface area contributed by atoms with Crippen molar-refractivity contribution < 1.29 is 68.3 Å². The van der Waals surface area contributed by atoms with Gasteiger partial charge in [-0.05, 0) is 172 Å². The summed E-state index contributed by atoms with van der Waals surface area (Å²) in [4.78, 5) is 27.8. The SMILES string of the molecule is C=C1CC[C@@]2(O)C3Cc4ccc(O)c5c4[C@@]2(CCN3CC2CC2)[C@@]1(O)O5.C=C1CC[C@@]2(O)C3Cc4ccc(OCOC(=O)OCCCCCCCCCC)c5c4[C@@]2(CCN3CC2CC2)[C@@]1(O)O5.CCCCCCCCCCOC(=O)OCI. The molecule has 83 heavy (non-hydrogen) atoms. The maximum absolute atomic E-state index is 12.5. The summed E-state index contributed by atoms with van der Waals surface area (Å²) in [6.45, 7) is 16.9. The van der Waals surface area contributed by atoms with Crippen LogP contribution in [0.3, 0.4) is 0 Å². The highest BCUT2D eigenvalue weighted by Crippen LogP contribution is 2.71. The molecule has 2 unspecified atom stereocenters. The van der Waals surface area contributed by atoms with Gasteiger partial charge < -0.3 is 58.7 Å². The lowest BCUT2D eigenvalue weighted by Crippen LogP contribution is -2.79. The summed E-state index contributed by atoms with van der Waals surface area (Å²) in [5.41, 5.74) is 0.876. The number of carbonyl (C=O) groups is 2. The van der Waals surface area contributed by atoms with E-state index < -0.39 is 45.9 Å². The molecule has 2 saturated heterocycles. The molecule has 8 atom stereocenters. The summed E-state index contributed by atoms with van der Waals surface area (Å²) in [5, 5.41) is 58.8. The van der Waals surface area contributed by atoms with Crippen molar-refractivity contribution >= 4 is 34.9 Å². The molecule has 4 bridgehead atoms. The number of carbonyl (C=O) groups excluding carboxylic acids is 2. The number of piperidine rings is 2. The third kappa shape index (κ3) is 11.7. The number of phenolic OH excluding ortho intramolecular Hbond substituents is 1. The number of likely N-dealkylation sites (tertiary alicyclic amines) is 2. The molecule has 17 heteroatoms. The molecule has 2 spiro atoms. The number of unbranched alkanes of at least 4 members (excludes halogenated alkanes) is 14. The molecule has 4 aliphatic heterocycles. The number of halogens is 1. The van der Waals surface area contributed by atoms with Crippen LogP contribution in [0.4, 0.5) is 9.59 Å². The van der Waals surface area contributed by atoms with Crippen LogP contribution in [0.15, 0.2) is 48.6 Å². The summed E-state index contributed by atoms with van der Waals surface area (Å²) in [7, 11) is 0. The van der Waals surface area contributed by atoms with Gasteiger partial charge >= 0.3 is 12.3 Å². The molecule has 460 valence electrons. The van der Waals surface area contributed by atoms with Gasteiger partial charge in [0.1, 0.15) is 15.4 Å². The predicted molar refractivity (Wildman–Crippen MR) is 323 cm³/mol. The minimum absolute atomic E-state index is 0.0249. The van der Waals surface area contributed by atoms with E-state index in [1.54, 1.807) is 6.07 Å². The summed E-state index contributed by atoms with van der Waals surface area (Å²) in [5.74, 6) is -0.694. The van der Waals surface area contributed by atoms with Crippen molar-refractivity contribution in [3.05, 3.63) is 70.8 Å². The van der Waals surface area contributed by atoms with Crippen molar-refractivity contribution in [3.8, 4) is 23.0 Å². The molecule has 12 rings (SSSR count). The van der Waals surface area contributed by atoms with Crippen LogP contribution in [0, 0.1) is 11.8 Å². The first-order valence-electron chi connectivity index (χ1n) is 32.0. The number of aliphatic hydroxyl groups is 4. The van der Waals surface area contributed by atoms with Crippen molar-refractivity contribution in [2.45, 2.75) is 239 Å². The molecule has 0 amide bonds. The molecule has 4 heterocycles. The van der Waals surface area contributed by atoms with Crippen molar-refractivity contribution in [2.24, 2.45) is 11.8 Å². The first-order valence-corrected chi connectivity index (χ1v) is 33.5. The van der Waals surface area contributed by atoms with E-state index in [4.69, 9.17) is 28.4 Å². The van der Waals surface area contributed by atoms with Crippen LogP contribution in [-0.4, -0.2) is 133 Å². The maximum Gasteiger partial charge on any atom is 0.511 e. The van der Waals surface area contributed by atoms with Crippen molar-refractivity contribution in [1.29, 1.82) is 0 Å². The van der Waals surface area contributed by atoms with E-state index in [1.165, 1.54) is 96.3 Å². The zero-order valence-electron chi connectivity index (χ0n) is 49.7. The van der Waals surface area contributed by atoms with Crippen LogP contribution in [0.2, 0.25) is 0 Å². The van der Waals surface area contributed by atoms with Gasteiger partial charge in [0.25, 0.3) is 0 Å². The van der Waals surface area contributed by atoms with E-state index in [0.717, 1.165) is 92.9 Å². The van der Waals surface area contributed by atoms with Gasteiger partial charge in [-0.15, -0.1) is 0 Å². The standard InChI is InChI=1S/C33H47NO7.C21H25NO4.C12H23IO3/c1-3-4-5-6-7-8-9-10-19-38-30(35)40-22-39-26-14-13-25-20-27-32(36)16-15-23(2)33(37)31(32,28(25)29(26)41-33)17-18-34(27)21-24-11-12-24;1-12-6-7-20(24)16-10-14-4-5-15(23)18-17(14)19(20,21(12,25)26-18)8-9-22(16)11-13-2-3-13;1-2-3-4-5-6-7-8-9-10-15-12(14)16-11-13/h13-14,24,27,36-37H,2-12,15-22H2,1H3;4-5,13,16,23-25H,1-3,6-11H2;2-11H2,1H3/t27?,31-,32-,33+;16?,19-,20-,21+;/m11./s1. The Hall–Kier alpha value is -3.85. The molecule has 0 aromatic heterocycles. The molecule has 10 aliphatic rings. The number of aromatic hydroxyl groups is 1. The molecule has 4 saturated carbocycles. The number of phenols is 1. The lowest BCUT2D eigenvalue weighted by molar-refractivity contribution is -0.262. The lowest BCUT2D eigenvalue weighted by atomic mass is 9.47. The third-order valence-corrected chi connectivity index (χ3v) is 21.0.